The van der Waals surface area contributed by atoms with Gasteiger partial charge in [-0.05, 0) is 41.0 Å². The summed E-state index contributed by atoms with van der Waals surface area (Å²) in [6, 6.07) is 0.510. The van der Waals surface area contributed by atoms with E-state index in [0.717, 1.165) is 19.7 Å². The van der Waals surface area contributed by atoms with Gasteiger partial charge in [-0.3, -0.25) is 15.0 Å². The lowest BCUT2D eigenvalue weighted by Gasteiger charge is -2.39. The highest BCUT2D eigenvalue weighted by molar-refractivity contribution is 5.78. The van der Waals surface area contributed by atoms with Crippen molar-refractivity contribution in [2.45, 2.75) is 64.8 Å². The number of carbonyl (C=O) groups is 1. The minimum Gasteiger partial charge on any atom is -0.480 e. The van der Waals surface area contributed by atoms with Crippen LogP contribution in [0.3, 0.4) is 0 Å². The summed E-state index contributed by atoms with van der Waals surface area (Å²) in [5, 5.41) is 12.6. The lowest BCUT2D eigenvalue weighted by molar-refractivity contribution is -0.145. The van der Waals surface area contributed by atoms with Gasteiger partial charge in [-0.1, -0.05) is 0 Å². The van der Waals surface area contributed by atoms with Gasteiger partial charge in [0, 0.05) is 25.2 Å². The maximum absolute atomic E-state index is 11.5. The van der Waals surface area contributed by atoms with E-state index in [1.54, 1.807) is 6.92 Å². The quantitative estimate of drug-likeness (QED) is 0.764. The van der Waals surface area contributed by atoms with E-state index in [1.807, 2.05) is 13.8 Å². The molecule has 0 bridgehead atoms. The molecule has 5 nitrogen and oxygen atoms in total. The first-order valence-electron chi connectivity index (χ1n) is 7.11. The summed E-state index contributed by atoms with van der Waals surface area (Å²) in [6.45, 7) is 12.3. The first-order chi connectivity index (χ1) is 8.74. The summed E-state index contributed by atoms with van der Waals surface area (Å²) in [4.78, 5) is 13.8. The number of nitrogens with zero attached hydrogens (tertiary/aromatic N) is 1. The number of morpholine rings is 1. The fourth-order valence-electron chi connectivity index (χ4n) is 2.53. The van der Waals surface area contributed by atoms with Gasteiger partial charge in [-0.25, -0.2) is 0 Å². The minimum absolute atomic E-state index is 0.155. The van der Waals surface area contributed by atoms with Crippen LogP contribution in [0.1, 0.15) is 41.0 Å². The molecule has 0 radical (unpaired) electrons. The van der Waals surface area contributed by atoms with Crippen molar-refractivity contribution in [3.8, 4) is 0 Å². The summed E-state index contributed by atoms with van der Waals surface area (Å²) in [5.41, 5.74) is -0.866. The van der Waals surface area contributed by atoms with Gasteiger partial charge < -0.3 is 9.84 Å². The Morgan fingerprint density at radius 3 is 2.68 bits per heavy atom. The number of carboxylic acid groups (broad SMARTS) is 1. The Bertz CT molecular complexity index is 309. The summed E-state index contributed by atoms with van der Waals surface area (Å²) < 4.78 is 5.59. The van der Waals surface area contributed by atoms with Crippen LogP contribution in [0, 0.1) is 0 Å². The molecule has 5 heteroatoms. The molecule has 1 aliphatic heterocycles. The summed E-state index contributed by atoms with van der Waals surface area (Å²) in [7, 11) is 0. The zero-order valence-electron chi connectivity index (χ0n) is 12.8. The van der Waals surface area contributed by atoms with Gasteiger partial charge in [0.25, 0.3) is 0 Å². The van der Waals surface area contributed by atoms with Gasteiger partial charge in [0.1, 0.15) is 5.54 Å². The molecule has 0 aliphatic carbocycles. The number of nitrogens with one attached hydrogen (secondary N) is 1. The third-order valence-electron chi connectivity index (χ3n) is 3.72. The van der Waals surface area contributed by atoms with Crippen LogP contribution in [-0.2, 0) is 9.53 Å². The number of rotatable bonds is 6. The predicted molar refractivity (Wildman–Crippen MR) is 75.4 cm³/mol. The second-order valence-electron chi connectivity index (χ2n) is 6.17. The average molecular weight is 272 g/mol. The maximum atomic E-state index is 11.5. The first kappa shape index (κ1) is 16.4. The Hall–Kier alpha value is -0.650. The highest BCUT2D eigenvalue weighted by Crippen LogP contribution is 2.17. The van der Waals surface area contributed by atoms with Gasteiger partial charge in [0.15, 0.2) is 0 Å². The van der Waals surface area contributed by atoms with E-state index < -0.39 is 11.5 Å². The van der Waals surface area contributed by atoms with E-state index in [0.29, 0.717) is 12.5 Å². The third-order valence-corrected chi connectivity index (χ3v) is 3.72. The molecule has 1 aliphatic rings. The van der Waals surface area contributed by atoms with Crippen molar-refractivity contribution in [3.05, 3.63) is 0 Å². The second kappa shape index (κ2) is 6.68. The van der Waals surface area contributed by atoms with E-state index in [1.165, 1.54) is 0 Å². The van der Waals surface area contributed by atoms with Crippen LogP contribution in [0.5, 0.6) is 0 Å². The number of hydrogen-bond donors (Lipinski definition) is 2. The van der Waals surface area contributed by atoms with E-state index in [-0.39, 0.29) is 12.1 Å². The molecule has 0 aromatic rings. The Morgan fingerprint density at radius 1 is 1.53 bits per heavy atom. The molecule has 3 atom stereocenters. The molecule has 1 rings (SSSR count). The highest BCUT2D eigenvalue weighted by atomic mass is 16.5. The van der Waals surface area contributed by atoms with Gasteiger partial charge >= 0.3 is 5.97 Å². The van der Waals surface area contributed by atoms with E-state index >= 15 is 0 Å². The largest absolute Gasteiger partial charge is 0.480 e. The van der Waals surface area contributed by atoms with Crippen molar-refractivity contribution in [2.24, 2.45) is 0 Å². The Morgan fingerprint density at radius 2 is 2.16 bits per heavy atom. The van der Waals surface area contributed by atoms with Crippen molar-refractivity contribution in [2.75, 3.05) is 19.7 Å². The number of hydrogen-bond acceptors (Lipinski definition) is 4. The van der Waals surface area contributed by atoms with Crippen LogP contribution in [0.25, 0.3) is 0 Å². The van der Waals surface area contributed by atoms with E-state index in [2.05, 4.69) is 24.1 Å². The van der Waals surface area contributed by atoms with Crippen LogP contribution in [0.4, 0.5) is 0 Å². The molecule has 0 amide bonds. The zero-order chi connectivity index (χ0) is 14.6. The highest BCUT2D eigenvalue weighted by Gasteiger charge is 2.35. The van der Waals surface area contributed by atoms with Crippen LogP contribution >= 0.6 is 0 Å². The van der Waals surface area contributed by atoms with Crippen molar-refractivity contribution >= 4 is 5.97 Å². The zero-order valence-corrected chi connectivity index (χ0v) is 12.8. The van der Waals surface area contributed by atoms with Crippen molar-refractivity contribution in [1.82, 2.24) is 10.2 Å². The standard InChI is InChI=1S/C14H28N2O3/c1-10(2)15-14(5,13(17)18)6-7-16-8-12(4)19-9-11(16)3/h10-12,15H,6-9H2,1-5H3,(H,17,18). The molecule has 19 heavy (non-hydrogen) atoms. The molecule has 112 valence electrons. The fourth-order valence-corrected chi connectivity index (χ4v) is 2.53. The smallest absolute Gasteiger partial charge is 0.323 e. The first-order valence-corrected chi connectivity index (χ1v) is 7.11. The maximum Gasteiger partial charge on any atom is 0.323 e. The van der Waals surface area contributed by atoms with Crippen LogP contribution in [0.15, 0.2) is 0 Å². The Labute approximate surface area is 116 Å². The number of ether oxygens (including phenoxy) is 1. The second-order valence-corrected chi connectivity index (χ2v) is 6.17. The lowest BCUT2D eigenvalue weighted by atomic mass is 9.96. The molecule has 3 unspecified atom stereocenters. The lowest BCUT2D eigenvalue weighted by Crippen LogP contribution is -2.55. The van der Waals surface area contributed by atoms with Gasteiger partial charge in [0.05, 0.1) is 12.7 Å². The SMILES string of the molecule is CC(C)NC(C)(CCN1CC(C)OCC1C)C(=O)O. The molecule has 1 heterocycles. The molecular formula is C14H28N2O3. The van der Waals surface area contributed by atoms with Gasteiger partial charge in [-0.2, -0.15) is 0 Å². The van der Waals surface area contributed by atoms with Crippen molar-refractivity contribution < 1.29 is 14.6 Å². The molecule has 0 spiro atoms. The summed E-state index contributed by atoms with van der Waals surface area (Å²) >= 11 is 0. The van der Waals surface area contributed by atoms with Crippen molar-refractivity contribution in [1.29, 1.82) is 0 Å². The summed E-state index contributed by atoms with van der Waals surface area (Å²) in [5.74, 6) is -0.782. The van der Waals surface area contributed by atoms with Crippen LogP contribution < -0.4 is 5.32 Å². The van der Waals surface area contributed by atoms with E-state index in [4.69, 9.17) is 4.74 Å². The normalized spacial score (nSPS) is 28.3. The molecule has 0 saturated carbocycles. The Balaban J connectivity index is 2.58. The minimum atomic E-state index is -0.866. The number of carboxylic acids is 1. The topological polar surface area (TPSA) is 61.8 Å². The van der Waals surface area contributed by atoms with Crippen LogP contribution in [0.2, 0.25) is 0 Å². The summed E-state index contributed by atoms with van der Waals surface area (Å²) in [6.07, 6.45) is 0.822. The third kappa shape index (κ3) is 4.75. The monoisotopic (exact) mass is 272 g/mol. The molecule has 0 aromatic heterocycles. The van der Waals surface area contributed by atoms with Gasteiger partial charge in [-0.15, -0.1) is 0 Å². The van der Waals surface area contributed by atoms with E-state index in [9.17, 15) is 9.90 Å². The molecule has 0 aromatic carbocycles. The fraction of sp³-hybridized carbons (Fsp3) is 0.929. The van der Waals surface area contributed by atoms with Gasteiger partial charge in [0.2, 0.25) is 0 Å². The van der Waals surface area contributed by atoms with Crippen LogP contribution in [-0.4, -0.2) is 59.4 Å². The predicted octanol–water partition coefficient (Wildman–Crippen LogP) is 1.33. The average Bonchev–Trinajstić information content (AvgIpc) is 2.29. The molecule has 1 saturated heterocycles. The molecule has 1 fully saturated rings. The molecular weight excluding hydrogens is 244 g/mol. The molecule has 2 N–H and O–H groups in total. The number of aliphatic carboxylic acids is 1. The Kier molecular flexibility index (Phi) is 5.77. The van der Waals surface area contributed by atoms with Crippen molar-refractivity contribution in [3.63, 3.8) is 0 Å².